The summed E-state index contributed by atoms with van der Waals surface area (Å²) < 4.78 is 5.04. The van der Waals surface area contributed by atoms with E-state index in [2.05, 4.69) is 15.2 Å². The number of hydrogen-bond acceptors (Lipinski definition) is 6. The van der Waals surface area contributed by atoms with Crippen LogP contribution in [0.15, 0.2) is 59.6 Å². The number of nitro groups is 1. The molecule has 2 atom stereocenters. The van der Waals surface area contributed by atoms with Gasteiger partial charge in [-0.15, -0.1) is 0 Å². The van der Waals surface area contributed by atoms with Crippen LogP contribution >= 0.6 is 0 Å². The maximum Gasteiger partial charge on any atom is 0.315 e. The number of non-ortho nitro benzene ring substituents is 1. The van der Waals surface area contributed by atoms with Crippen molar-refractivity contribution in [1.82, 2.24) is 10.2 Å². The highest BCUT2D eigenvalue weighted by molar-refractivity contribution is 6.05. The predicted octanol–water partition coefficient (Wildman–Crippen LogP) is 4.01. The van der Waals surface area contributed by atoms with E-state index in [0.717, 1.165) is 16.8 Å². The van der Waals surface area contributed by atoms with Crippen LogP contribution in [0.1, 0.15) is 24.0 Å². The summed E-state index contributed by atoms with van der Waals surface area (Å²) in [5.74, 6) is -1.22. The number of fused-ring (bicyclic) bond motifs is 1. The molecular formula is C21H18N4O4. The number of H-pyrrole nitrogens is 1. The van der Waals surface area contributed by atoms with Crippen LogP contribution in [0.25, 0.3) is 11.3 Å². The van der Waals surface area contributed by atoms with E-state index in [1.165, 1.54) is 19.2 Å². The van der Waals surface area contributed by atoms with Crippen molar-refractivity contribution in [2.45, 2.75) is 12.8 Å². The molecule has 0 aliphatic carbocycles. The molecule has 3 aromatic rings. The van der Waals surface area contributed by atoms with Gasteiger partial charge in [-0.2, -0.15) is 5.10 Å². The van der Waals surface area contributed by atoms with Crippen molar-refractivity contribution in [2.24, 2.45) is 10.9 Å². The zero-order valence-electron chi connectivity index (χ0n) is 15.8. The Labute approximate surface area is 166 Å². The number of aliphatic imine (C=N–C) groups is 1. The van der Waals surface area contributed by atoms with E-state index in [9.17, 15) is 14.9 Å². The molecule has 1 aliphatic heterocycles. The van der Waals surface area contributed by atoms with Gasteiger partial charge in [-0.3, -0.25) is 20.0 Å². The number of nitrogens with zero attached hydrogens (tertiary/aromatic N) is 3. The molecule has 2 heterocycles. The summed E-state index contributed by atoms with van der Waals surface area (Å²) in [5.41, 5.74) is 3.46. The molecule has 2 aromatic carbocycles. The van der Waals surface area contributed by atoms with Gasteiger partial charge in [-0.05, 0) is 18.1 Å². The van der Waals surface area contributed by atoms with Crippen molar-refractivity contribution < 1.29 is 14.5 Å². The van der Waals surface area contributed by atoms with Gasteiger partial charge in [-0.1, -0.05) is 42.5 Å². The molecule has 0 radical (unpaired) electrons. The molecule has 0 saturated carbocycles. The van der Waals surface area contributed by atoms with Gasteiger partial charge in [0, 0.05) is 29.3 Å². The van der Waals surface area contributed by atoms with Crippen LogP contribution in [0.2, 0.25) is 0 Å². The Bertz CT molecular complexity index is 1120. The van der Waals surface area contributed by atoms with E-state index >= 15 is 0 Å². The smallest absolute Gasteiger partial charge is 0.315 e. The van der Waals surface area contributed by atoms with Crippen LogP contribution in [-0.2, 0) is 9.53 Å². The Balaban J connectivity index is 1.97. The minimum absolute atomic E-state index is 0.0439. The Hall–Kier alpha value is -3.81. The second kappa shape index (κ2) is 7.31. The number of esters is 1. The third kappa shape index (κ3) is 3.18. The van der Waals surface area contributed by atoms with Crippen LogP contribution in [0.3, 0.4) is 0 Å². The first kappa shape index (κ1) is 18.5. The molecule has 0 spiro atoms. The lowest BCUT2D eigenvalue weighted by molar-refractivity contribution is -0.384. The normalized spacial score (nSPS) is 17.9. The first-order valence-corrected chi connectivity index (χ1v) is 9.02. The van der Waals surface area contributed by atoms with Gasteiger partial charge in [-0.25, -0.2) is 4.99 Å². The number of carbonyl (C=O) groups is 1. The minimum Gasteiger partial charge on any atom is -0.468 e. The van der Waals surface area contributed by atoms with E-state index in [1.807, 2.05) is 30.3 Å². The number of aromatic amines is 1. The highest BCUT2D eigenvalue weighted by Gasteiger charge is 2.41. The Kier molecular flexibility index (Phi) is 4.67. The largest absolute Gasteiger partial charge is 0.468 e. The van der Waals surface area contributed by atoms with E-state index in [-0.39, 0.29) is 5.69 Å². The molecule has 0 fully saturated rings. The number of benzene rings is 2. The number of nitrogens with one attached hydrogen (secondary N) is 1. The van der Waals surface area contributed by atoms with Crippen LogP contribution in [0.5, 0.6) is 0 Å². The average Bonchev–Trinajstić information content (AvgIpc) is 3.16. The summed E-state index contributed by atoms with van der Waals surface area (Å²) >= 11 is 0. The molecule has 29 heavy (non-hydrogen) atoms. The maximum atomic E-state index is 12.7. The number of carbonyl (C=O) groups excluding carboxylic acids is 1. The molecule has 8 heteroatoms. The van der Waals surface area contributed by atoms with Gasteiger partial charge >= 0.3 is 5.97 Å². The van der Waals surface area contributed by atoms with Crippen LogP contribution in [-0.4, -0.2) is 33.9 Å². The lowest BCUT2D eigenvalue weighted by Gasteiger charge is -2.29. The first-order chi connectivity index (χ1) is 14.0. The number of rotatable bonds is 4. The average molecular weight is 390 g/mol. The van der Waals surface area contributed by atoms with Crippen molar-refractivity contribution in [3.8, 4) is 11.3 Å². The topological polar surface area (TPSA) is 110 Å². The first-order valence-electron chi connectivity index (χ1n) is 9.02. The lowest BCUT2D eigenvalue weighted by atomic mass is 9.76. The second-order valence-electron chi connectivity index (χ2n) is 6.79. The van der Waals surface area contributed by atoms with Crippen LogP contribution < -0.4 is 0 Å². The van der Waals surface area contributed by atoms with E-state index in [1.54, 1.807) is 19.1 Å². The van der Waals surface area contributed by atoms with Crippen molar-refractivity contribution in [3.05, 3.63) is 75.8 Å². The molecule has 0 amide bonds. The van der Waals surface area contributed by atoms with E-state index in [0.29, 0.717) is 17.1 Å². The van der Waals surface area contributed by atoms with Crippen LogP contribution in [0.4, 0.5) is 11.5 Å². The summed E-state index contributed by atoms with van der Waals surface area (Å²) in [6.45, 7) is 1.74. The zero-order valence-corrected chi connectivity index (χ0v) is 15.8. The molecule has 4 rings (SSSR count). The van der Waals surface area contributed by atoms with Crippen molar-refractivity contribution in [1.29, 1.82) is 0 Å². The molecule has 146 valence electrons. The number of aromatic nitrogens is 2. The third-order valence-electron chi connectivity index (χ3n) is 5.12. The molecule has 2 unspecified atom stereocenters. The Morgan fingerprint density at radius 3 is 2.62 bits per heavy atom. The lowest BCUT2D eigenvalue weighted by Crippen LogP contribution is -2.32. The SMILES string of the molecule is COC(=O)C1C(C)=Nc2n[nH]c(-c3ccccc3)c2C1c1cccc([N+](=O)[O-])c1. The van der Waals surface area contributed by atoms with Gasteiger partial charge in [0.05, 0.1) is 17.7 Å². The molecule has 0 saturated heterocycles. The summed E-state index contributed by atoms with van der Waals surface area (Å²) in [6.07, 6.45) is 0. The van der Waals surface area contributed by atoms with E-state index in [4.69, 9.17) is 4.74 Å². The van der Waals surface area contributed by atoms with E-state index < -0.39 is 22.7 Å². The molecule has 8 nitrogen and oxygen atoms in total. The van der Waals surface area contributed by atoms with Gasteiger partial charge in [0.15, 0.2) is 5.82 Å². The Morgan fingerprint density at radius 2 is 1.93 bits per heavy atom. The van der Waals surface area contributed by atoms with Crippen molar-refractivity contribution in [2.75, 3.05) is 7.11 Å². The zero-order chi connectivity index (χ0) is 20.5. The van der Waals surface area contributed by atoms with Crippen LogP contribution in [0, 0.1) is 16.0 Å². The summed E-state index contributed by atoms with van der Waals surface area (Å²) in [6, 6.07) is 15.9. The quantitative estimate of drug-likeness (QED) is 0.411. The highest BCUT2D eigenvalue weighted by atomic mass is 16.6. The fourth-order valence-electron chi connectivity index (χ4n) is 3.81. The number of methoxy groups -OCH3 is 1. The number of ether oxygens (including phenoxy) is 1. The Morgan fingerprint density at radius 1 is 1.17 bits per heavy atom. The molecular weight excluding hydrogens is 372 g/mol. The summed E-state index contributed by atoms with van der Waals surface area (Å²) in [7, 11) is 1.32. The summed E-state index contributed by atoms with van der Waals surface area (Å²) in [5, 5.41) is 18.7. The van der Waals surface area contributed by atoms with Crippen molar-refractivity contribution in [3.63, 3.8) is 0 Å². The van der Waals surface area contributed by atoms with Gasteiger partial charge in [0.25, 0.3) is 5.69 Å². The van der Waals surface area contributed by atoms with Gasteiger partial charge in [0.1, 0.15) is 5.92 Å². The monoisotopic (exact) mass is 390 g/mol. The number of nitro benzene ring substituents is 1. The number of hydrogen-bond donors (Lipinski definition) is 1. The fraction of sp³-hybridized carbons (Fsp3) is 0.190. The molecule has 1 N–H and O–H groups in total. The van der Waals surface area contributed by atoms with Gasteiger partial charge in [0.2, 0.25) is 0 Å². The summed E-state index contributed by atoms with van der Waals surface area (Å²) in [4.78, 5) is 28.1. The molecule has 1 aliphatic rings. The maximum absolute atomic E-state index is 12.7. The highest BCUT2D eigenvalue weighted by Crippen LogP contribution is 2.46. The third-order valence-corrected chi connectivity index (χ3v) is 5.12. The van der Waals surface area contributed by atoms with Gasteiger partial charge < -0.3 is 4.74 Å². The second-order valence-corrected chi connectivity index (χ2v) is 6.79. The van der Waals surface area contributed by atoms with Crippen molar-refractivity contribution >= 4 is 23.2 Å². The predicted molar refractivity (Wildman–Crippen MR) is 107 cm³/mol. The molecule has 1 aromatic heterocycles. The minimum atomic E-state index is -0.713. The standard InChI is InChI=1S/C21H18N4O4/c1-12-16(21(26)29-2)17(14-9-6-10-15(11-14)25(27)28)18-19(23-24-20(18)22-12)13-7-4-3-5-8-13/h3-11,16-17H,1-2H3,(H,23,24). The molecule has 0 bridgehead atoms. The fourth-order valence-corrected chi connectivity index (χ4v) is 3.81.